The van der Waals surface area contributed by atoms with Crippen LogP contribution in [0.15, 0.2) is 54.2 Å². The van der Waals surface area contributed by atoms with E-state index < -0.39 is 0 Å². The van der Waals surface area contributed by atoms with E-state index in [0.717, 1.165) is 18.5 Å². The van der Waals surface area contributed by atoms with Gasteiger partial charge in [-0.2, -0.15) is 0 Å². The summed E-state index contributed by atoms with van der Waals surface area (Å²) < 4.78 is 13.5. The monoisotopic (exact) mass is 378 g/mol. The van der Waals surface area contributed by atoms with Crippen LogP contribution in [0, 0.1) is 11.7 Å². The maximum Gasteiger partial charge on any atom is 0.278 e. The molecule has 0 bridgehead atoms. The average Bonchev–Trinajstić information content (AvgIpc) is 2.92. The van der Waals surface area contributed by atoms with E-state index in [1.807, 2.05) is 36.9 Å². The predicted molar refractivity (Wildman–Crippen MR) is 107 cm³/mol. The van der Waals surface area contributed by atoms with Crippen LogP contribution in [0.5, 0.6) is 0 Å². The molecule has 2 aromatic rings. The number of carbonyl (C=O) groups excluding carboxylic acids is 2. The van der Waals surface area contributed by atoms with Gasteiger partial charge in [-0.3, -0.25) is 14.5 Å². The Morgan fingerprint density at radius 2 is 1.71 bits per heavy atom. The van der Waals surface area contributed by atoms with Crippen LogP contribution in [-0.2, 0) is 16.0 Å². The highest BCUT2D eigenvalue weighted by atomic mass is 19.1. The molecule has 2 aliphatic rings. The van der Waals surface area contributed by atoms with Crippen LogP contribution in [0.4, 0.5) is 10.1 Å². The number of amides is 2. The van der Waals surface area contributed by atoms with Gasteiger partial charge in [-0.15, -0.1) is 0 Å². The van der Waals surface area contributed by atoms with Gasteiger partial charge in [0.15, 0.2) is 0 Å². The van der Waals surface area contributed by atoms with Crippen LogP contribution in [0.25, 0.3) is 5.57 Å². The van der Waals surface area contributed by atoms with Gasteiger partial charge in [0.2, 0.25) is 0 Å². The molecule has 0 unspecified atom stereocenters. The minimum atomic E-state index is -0.370. The molecular formula is C23H23FN2O2. The molecule has 0 aromatic heterocycles. The quantitative estimate of drug-likeness (QED) is 0.755. The average molecular weight is 378 g/mol. The summed E-state index contributed by atoms with van der Waals surface area (Å²) in [6.07, 6.45) is 1.85. The van der Waals surface area contributed by atoms with Gasteiger partial charge in [-0.05, 0) is 48.1 Å². The van der Waals surface area contributed by atoms with E-state index in [1.165, 1.54) is 22.6 Å². The number of aryl methyl sites for hydroxylation is 1. The van der Waals surface area contributed by atoms with Gasteiger partial charge in [0.25, 0.3) is 11.8 Å². The number of carbonyl (C=O) groups is 2. The van der Waals surface area contributed by atoms with Crippen molar-refractivity contribution in [3.63, 3.8) is 0 Å². The number of rotatable bonds is 4. The third kappa shape index (κ3) is 3.11. The Balaban J connectivity index is 1.88. The van der Waals surface area contributed by atoms with Crippen molar-refractivity contribution >= 4 is 23.1 Å². The second kappa shape index (κ2) is 7.23. The second-order valence-electron chi connectivity index (χ2n) is 7.73. The van der Waals surface area contributed by atoms with Crippen molar-refractivity contribution in [1.29, 1.82) is 0 Å². The van der Waals surface area contributed by atoms with Crippen LogP contribution in [0.2, 0.25) is 0 Å². The first kappa shape index (κ1) is 18.4. The smallest absolute Gasteiger partial charge is 0.278 e. The largest absolute Gasteiger partial charge is 0.336 e. The summed E-state index contributed by atoms with van der Waals surface area (Å²) >= 11 is 0. The van der Waals surface area contributed by atoms with Crippen molar-refractivity contribution in [2.75, 3.05) is 18.0 Å². The lowest BCUT2D eigenvalue weighted by molar-refractivity contribution is -0.137. The van der Waals surface area contributed by atoms with Crippen molar-refractivity contribution in [2.24, 2.45) is 5.92 Å². The first-order valence-corrected chi connectivity index (χ1v) is 9.69. The van der Waals surface area contributed by atoms with Crippen molar-refractivity contribution in [1.82, 2.24) is 4.90 Å². The summed E-state index contributed by atoms with van der Waals surface area (Å²) in [6, 6.07) is 13.8. The van der Waals surface area contributed by atoms with Gasteiger partial charge in [0, 0.05) is 18.8 Å². The topological polar surface area (TPSA) is 40.6 Å². The summed E-state index contributed by atoms with van der Waals surface area (Å²) in [4.78, 5) is 29.9. The van der Waals surface area contributed by atoms with E-state index in [2.05, 4.69) is 6.07 Å². The summed E-state index contributed by atoms with van der Waals surface area (Å²) in [5.41, 5.74) is 3.48. The first-order chi connectivity index (χ1) is 13.5. The van der Waals surface area contributed by atoms with Crippen molar-refractivity contribution in [2.45, 2.75) is 26.7 Å². The third-order valence-corrected chi connectivity index (χ3v) is 5.20. The van der Waals surface area contributed by atoms with Crippen LogP contribution >= 0.6 is 0 Å². The summed E-state index contributed by atoms with van der Waals surface area (Å²) in [5.74, 6) is -0.779. The van der Waals surface area contributed by atoms with E-state index in [9.17, 15) is 14.0 Å². The Morgan fingerprint density at radius 3 is 2.43 bits per heavy atom. The van der Waals surface area contributed by atoms with Crippen LogP contribution < -0.4 is 4.90 Å². The molecular weight excluding hydrogens is 355 g/mol. The number of hydrogen-bond acceptors (Lipinski definition) is 3. The van der Waals surface area contributed by atoms with E-state index in [1.54, 1.807) is 12.1 Å². The number of halogens is 1. The molecule has 2 aliphatic heterocycles. The SMILES string of the molecule is CC(C)CN1C(=O)C(c2ccc(F)cc2)=C(N2CCCc3ccccc32)C1=O. The third-order valence-electron chi connectivity index (χ3n) is 5.20. The van der Waals surface area contributed by atoms with Gasteiger partial charge in [-0.1, -0.05) is 44.2 Å². The molecule has 28 heavy (non-hydrogen) atoms. The lowest BCUT2D eigenvalue weighted by Crippen LogP contribution is -2.38. The van der Waals surface area contributed by atoms with Crippen molar-refractivity contribution in [3.8, 4) is 0 Å². The molecule has 2 aromatic carbocycles. The van der Waals surface area contributed by atoms with E-state index in [4.69, 9.17) is 0 Å². The van der Waals surface area contributed by atoms with E-state index in [0.29, 0.717) is 29.9 Å². The molecule has 0 saturated heterocycles. The predicted octanol–water partition coefficient (Wildman–Crippen LogP) is 4.01. The summed E-state index contributed by atoms with van der Waals surface area (Å²) in [7, 11) is 0. The van der Waals surface area contributed by atoms with Gasteiger partial charge in [0.05, 0.1) is 5.57 Å². The zero-order chi connectivity index (χ0) is 19.8. The molecule has 0 aliphatic carbocycles. The van der Waals surface area contributed by atoms with Gasteiger partial charge >= 0.3 is 0 Å². The number of nitrogens with zero attached hydrogens (tertiary/aromatic N) is 2. The standard InChI is InChI=1S/C23H23FN2O2/c1-15(2)14-26-22(27)20(17-9-11-18(24)12-10-17)21(23(26)28)25-13-5-7-16-6-3-4-8-19(16)25/h3-4,6,8-12,15H,5,7,13-14H2,1-2H3. The zero-order valence-corrected chi connectivity index (χ0v) is 16.1. The van der Waals surface area contributed by atoms with Gasteiger partial charge < -0.3 is 4.90 Å². The number of imide groups is 1. The molecule has 0 spiro atoms. The van der Waals surface area contributed by atoms with Crippen molar-refractivity contribution in [3.05, 3.63) is 71.2 Å². The molecule has 2 heterocycles. The highest BCUT2D eigenvalue weighted by Gasteiger charge is 2.42. The summed E-state index contributed by atoms with van der Waals surface area (Å²) in [5, 5.41) is 0. The molecule has 4 rings (SSSR count). The van der Waals surface area contributed by atoms with Crippen LogP contribution in [0.1, 0.15) is 31.4 Å². The maximum atomic E-state index is 13.5. The minimum absolute atomic E-state index is 0.162. The van der Waals surface area contributed by atoms with Crippen LogP contribution in [-0.4, -0.2) is 29.8 Å². The Kier molecular flexibility index (Phi) is 4.75. The van der Waals surface area contributed by atoms with Crippen LogP contribution in [0.3, 0.4) is 0 Å². The lowest BCUT2D eigenvalue weighted by atomic mass is 9.98. The highest BCUT2D eigenvalue weighted by Crippen LogP contribution is 2.38. The number of para-hydroxylation sites is 1. The number of fused-ring (bicyclic) bond motifs is 1. The maximum absolute atomic E-state index is 13.5. The highest BCUT2D eigenvalue weighted by molar-refractivity contribution is 6.36. The molecule has 2 amide bonds. The fourth-order valence-electron chi connectivity index (χ4n) is 3.99. The Hall–Kier alpha value is -2.95. The molecule has 0 radical (unpaired) electrons. The number of benzene rings is 2. The Labute approximate surface area is 164 Å². The molecule has 0 fully saturated rings. The summed E-state index contributed by atoms with van der Waals surface area (Å²) in [6.45, 7) is 4.99. The van der Waals surface area contributed by atoms with Gasteiger partial charge in [0.1, 0.15) is 11.5 Å². The molecule has 4 nitrogen and oxygen atoms in total. The molecule has 5 heteroatoms. The second-order valence-corrected chi connectivity index (χ2v) is 7.73. The van der Waals surface area contributed by atoms with E-state index >= 15 is 0 Å². The number of anilines is 1. The Bertz CT molecular complexity index is 963. The lowest BCUT2D eigenvalue weighted by Gasteiger charge is -2.32. The zero-order valence-electron chi connectivity index (χ0n) is 16.1. The number of hydrogen-bond donors (Lipinski definition) is 0. The first-order valence-electron chi connectivity index (χ1n) is 9.69. The molecule has 0 saturated carbocycles. The molecule has 0 N–H and O–H groups in total. The fraction of sp³-hybridized carbons (Fsp3) is 0.304. The van der Waals surface area contributed by atoms with Crippen molar-refractivity contribution < 1.29 is 14.0 Å². The molecule has 0 atom stereocenters. The van der Waals surface area contributed by atoms with Gasteiger partial charge in [-0.25, -0.2) is 4.39 Å². The minimum Gasteiger partial charge on any atom is -0.336 e. The Morgan fingerprint density at radius 1 is 1.00 bits per heavy atom. The fourth-order valence-corrected chi connectivity index (χ4v) is 3.99. The molecule has 144 valence electrons. The van der Waals surface area contributed by atoms with E-state index in [-0.39, 0.29) is 23.5 Å². The normalized spacial score (nSPS) is 17.0.